The molecule has 12 heteroatoms. The molecule has 0 amide bonds. The van der Waals surface area contributed by atoms with Crippen LogP contribution in [-0.2, 0) is 37.5 Å². The van der Waals surface area contributed by atoms with Gasteiger partial charge in [-0.05, 0) is 32.6 Å². The lowest BCUT2D eigenvalue weighted by Gasteiger charge is -2.32. The SMILES string of the molecule is CCCCOC(=O)C(C)(CC(C)C(=O)OCCO)CC(CC)C(=O)OP(=O)(O)OCC[N+](C)(C)C. The Morgan fingerprint density at radius 2 is 1.63 bits per heavy atom. The molecule has 0 aromatic heterocycles. The molecule has 0 rings (SSSR count). The van der Waals surface area contributed by atoms with Crippen LogP contribution in [0.15, 0.2) is 0 Å². The molecule has 206 valence electrons. The van der Waals surface area contributed by atoms with Crippen LogP contribution < -0.4 is 0 Å². The molecule has 0 aromatic carbocycles. The number of nitrogens with zero attached hydrogens (tertiary/aromatic N) is 1. The van der Waals surface area contributed by atoms with E-state index in [2.05, 4.69) is 0 Å². The highest BCUT2D eigenvalue weighted by atomic mass is 31.2. The Hall–Kier alpha value is -1.52. The Morgan fingerprint density at radius 1 is 1.00 bits per heavy atom. The molecule has 0 bridgehead atoms. The number of rotatable bonds is 18. The fourth-order valence-electron chi connectivity index (χ4n) is 3.36. The molecule has 4 atom stereocenters. The third-order valence-electron chi connectivity index (χ3n) is 5.46. The molecule has 0 saturated heterocycles. The highest BCUT2D eigenvalue weighted by molar-refractivity contribution is 7.48. The predicted octanol–water partition coefficient (Wildman–Crippen LogP) is 2.68. The Labute approximate surface area is 209 Å². The van der Waals surface area contributed by atoms with Crippen molar-refractivity contribution in [2.75, 3.05) is 54.1 Å². The van der Waals surface area contributed by atoms with E-state index >= 15 is 0 Å². The molecule has 2 N–H and O–H groups in total. The second kappa shape index (κ2) is 15.6. The maximum atomic E-state index is 13.0. The fraction of sp³-hybridized carbons (Fsp3) is 0.870. The van der Waals surface area contributed by atoms with Crippen molar-refractivity contribution < 1.29 is 52.0 Å². The minimum absolute atomic E-state index is 0.0167. The van der Waals surface area contributed by atoms with Crippen molar-refractivity contribution in [3.8, 4) is 0 Å². The number of hydrogen-bond acceptors (Lipinski definition) is 9. The van der Waals surface area contributed by atoms with Crippen LogP contribution in [0.4, 0.5) is 0 Å². The Kier molecular flexibility index (Phi) is 14.9. The second-order valence-electron chi connectivity index (χ2n) is 10.1. The number of aliphatic hydroxyl groups excluding tert-OH is 1. The van der Waals surface area contributed by atoms with Gasteiger partial charge in [-0.2, -0.15) is 0 Å². The van der Waals surface area contributed by atoms with Crippen LogP contribution in [0.5, 0.6) is 0 Å². The van der Waals surface area contributed by atoms with Crippen molar-refractivity contribution in [3.05, 3.63) is 0 Å². The summed E-state index contributed by atoms with van der Waals surface area (Å²) in [5.41, 5.74) is -1.27. The van der Waals surface area contributed by atoms with Crippen LogP contribution in [0.2, 0.25) is 0 Å². The molecule has 0 aliphatic heterocycles. The van der Waals surface area contributed by atoms with E-state index in [-0.39, 0.29) is 45.7 Å². The van der Waals surface area contributed by atoms with Crippen molar-refractivity contribution in [2.24, 2.45) is 17.3 Å². The van der Waals surface area contributed by atoms with E-state index in [0.717, 1.165) is 6.42 Å². The lowest BCUT2D eigenvalue weighted by Crippen LogP contribution is -2.38. The zero-order valence-corrected chi connectivity index (χ0v) is 23.2. The van der Waals surface area contributed by atoms with Gasteiger partial charge in [0.2, 0.25) is 0 Å². The summed E-state index contributed by atoms with van der Waals surface area (Å²) in [6.07, 6.45) is 1.65. The van der Waals surface area contributed by atoms with Gasteiger partial charge in [-0.25, -0.2) is 4.57 Å². The standard InChI is InChI=1S/C23H44NO10P/c1-8-10-13-32-22(28)23(4,16-18(3)20(26)31-15-12-25)17-19(9-2)21(27)34-35(29,30)33-14-11-24(5,6)7/h18-19,25H,8-17H2,1-7H3/p+1. The van der Waals surface area contributed by atoms with Crippen molar-refractivity contribution >= 4 is 25.7 Å². The number of likely N-dealkylation sites (N-methyl/N-ethyl adjacent to an activating group) is 1. The first-order valence-electron chi connectivity index (χ1n) is 12.1. The van der Waals surface area contributed by atoms with E-state index in [9.17, 15) is 23.8 Å². The third kappa shape index (κ3) is 14.0. The number of phosphoric acid groups is 1. The second-order valence-corrected chi connectivity index (χ2v) is 11.5. The molecule has 35 heavy (non-hydrogen) atoms. The zero-order chi connectivity index (χ0) is 27.3. The quantitative estimate of drug-likeness (QED) is 0.118. The molecule has 0 aliphatic rings. The van der Waals surface area contributed by atoms with Crippen molar-refractivity contribution in [3.63, 3.8) is 0 Å². The number of esters is 2. The fourth-order valence-corrected chi connectivity index (χ4v) is 4.11. The first kappa shape index (κ1) is 33.5. The van der Waals surface area contributed by atoms with E-state index in [1.807, 2.05) is 28.1 Å². The van der Waals surface area contributed by atoms with Crippen molar-refractivity contribution in [1.29, 1.82) is 0 Å². The predicted molar refractivity (Wildman–Crippen MR) is 129 cm³/mol. The number of ether oxygens (including phenoxy) is 2. The lowest BCUT2D eigenvalue weighted by molar-refractivity contribution is -0.870. The van der Waals surface area contributed by atoms with Gasteiger partial charge >= 0.3 is 25.7 Å². The van der Waals surface area contributed by atoms with E-state index in [4.69, 9.17) is 23.6 Å². The van der Waals surface area contributed by atoms with E-state index in [1.165, 1.54) is 0 Å². The van der Waals surface area contributed by atoms with Gasteiger partial charge in [-0.1, -0.05) is 27.2 Å². The van der Waals surface area contributed by atoms with Crippen LogP contribution in [0, 0.1) is 17.3 Å². The molecular weight excluding hydrogens is 481 g/mol. The van der Waals surface area contributed by atoms with Crippen LogP contribution in [0.25, 0.3) is 0 Å². The van der Waals surface area contributed by atoms with Gasteiger partial charge in [-0.15, -0.1) is 0 Å². The lowest BCUT2D eigenvalue weighted by atomic mass is 9.74. The van der Waals surface area contributed by atoms with Crippen LogP contribution in [0.1, 0.15) is 59.8 Å². The number of carbonyl (C=O) groups excluding carboxylic acids is 3. The first-order valence-corrected chi connectivity index (χ1v) is 13.6. The maximum absolute atomic E-state index is 13.0. The number of phosphoric ester groups is 1. The number of aliphatic hydroxyl groups is 1. The average molecular weight is 527 g/mol. The van der Waals surface area contributed by atoms with Crippen LogP contribution in [-0.4, -0.2) is 86.5 Å². The van der Waals surface area contributed by atoms with Crippen LogP contribution in [0.3, 0.4) is 0 Å². The minimum Gasteiger partial charge on any atom is -0.465 e. The normalized spacial score (nSPS) is 16.9. The molecule has 0 aliphatic carbocycles. The van der Waals surface area contributed by atoms with Crippen molar-refractivity contribution in [1.82, 2.24) is 0 Å². The summed E-state index contributed by atoms with van der Waals surface area (Å²) in [6.45, 7) is 6.85. The number of hydrogen-bond donors (Lipinski definition) is 2. The summed E-state index contributed by atoms with van der Waals surface area (Å²) < 4.78 is 32.9. The molecule has 0 radical (unpaired) electrons. The molecule has 0 spiro atoms. The third-order valence-corrected chi connectivity index (χ3v) is 6.38. The number of unbranched alkanes of at least 4 members (excludes halogenated alkanes) is 1. The topological polar surface area (TPSA) is 146 Å². The molecule has 11 nitrogen and oxygen atoms in total. The minimum atomic E-state index is -4.64. The van der Waals surface area contributed by atoms with E-state index in [0.29, 0.717) is 17.4 Å². The molecule has 4 unspecified atom stereocenters. The zero-order valence-electron chi connectivity index (χ0n) is 22.3. The molecule has 0 saturated carbocycles. The molecule has 0 heterocycles. The van der Waals surface area contributed by atoms with Gasteiger partial charge in [0.25, 0.3) is 0 Å². The Balaban J connectivity index is 5.50. The van der Waals surface area contributed by atoms with Gasteiger partial charge in [-0.3, -0.25) is 23.8 Å². The molecular formula is C23H45NO10P+. The Morgan fingerprint density at radius 3 is 2.14 bits per heavy atom. The van der Waals surface area contributed by atoms with Gasteiger partial charge in [0.1, 0.15) is 19.8 Å². The van der Waals surface area contributed by atoms with Gasteiger partial charge in [0.15, 0.2) is 0 Å². The summed E-state index contributed by atoms with van der Waals surface area (Å²) in [6, 6.07) is 0. The summed E-state index contributed by atoms with van der Waals surface area (Å²) in [5, 5.41) is 8.88. The van der Waals surface area contributed by atoms with Crippen LogP contribution >= 0.6 is 7.82 Å². The van der Waals surface area contributed by atoms with E-state index in [1.54, 1.807) is 20.8 Å². The largest absolute Gasteiger partial charge is 0.529 e. The summed E-state index contributed by atoms with van der Waals surface area (Å²) >= 11 is 0. The number of carbonyl (C=O) groups is 3. The first-order chi connectivity index (χ1) is 16.1. The Bertz CT molecular complexity index is 724. The van der Waals surface area contributed by atoms with E-state index < -0.39 is 43.0 Å². The summed E-state index contributed by atoms with van der Waals surface area (Å²) in [5.74, 6) is -3.77. The van der Waals surface area contributed by atoms with Gasteiger partial charge in [0, 0.05) is 0 Å². The summed E-state index contributed by atoms with van der Waals surface area (Å²) in [7, 11) is 1.00. The van der Waals surface area contributed by atoms with Crippen molar-refractivity contribution in [2.45, 2.75) is 59.8 Å². The highest BCUT2D eigenvalue weighted by Gasteiger charge is 2.43. The monoisotopic (exact) mass is 526 g/mol. The summed E-state index contributed by atoms with van der Waals surface area (Å²) in [4.78, 5) is 48.0. The van der Waals surface area contributed by atoms with Gasteiger partial charge in [0.05, 0.1) is 51.6 Å². The molecule has 0 aromatic rings. The number of quaternary nitrogens is 1. The highest BCUT2D eigenvalue weighted by Crippen LogP contribution is 2.45. The molecule has 0 fully saturated rings. The maximum Gasteiger partial charge on any atom is 0.529 e. The average Bonchev–Trinajstić information content (AvgIpc) is 2.74. The smallest absolute Gasteiger partial charge is 0.465 e. The van der Waals surface area contributed by atoms with Gasteiger partial charge < -0.3 is 23.6 Å².